The van der Waals surface area contributed by atoms with Crippen LogP contribution in [0.3, 0.4) is 0 Å². The van der Waals surface area contributed by atoms with E-state index in [4.69, 9.17) is 10.8 Å². The minimum absolute atomic E-state index is 0. The van der Waals surface area contributed by atoms with E-state index in [1.165, 1.54) is 54.7 Å². The van der Waals surface area contributed by atoms with Gasteiger partial charge in [0.2, 0.25) is 0 Å². The van der Waals surface area contributed by atoms with Gasteiger partial charge in [-0.05, 0) is 151 Å². The minimum Gasteiger partial charge on any atom is -0.477 e. The summed E-state index contributed by atoms with van der Waals surface area (Å²) in [5, 5.41) is 10.3. The van der Waals surface area contributed by atoms with Crippen LogP contribution in [0.2, 0.25) is 0 Å². The predicted octanol–water partition coefficient (Wildman–Crippen LogP) is 9.76. The lowest BCUT2D eigenvalue weighted by Crippen LogP contribution is -2.67. The molecule has 6 saturated heterocycles. The van der Waals surface area contributed by atoms with Gasteiger partial charge in [-0.15, -0.1) is 35.1 Å². The first-order valence-electron chi connectivity index (χ1n) is 17.6. The first-order chi connectivity index (χ1) is 23.4. The number of carbonyl (C=O) groups is 2. The Labute approximate surface area is 312 Å². The summed E-state index contributed by atoms with van der Waals surface area (Å²) < 4.78 is 40.4. The fourth-order valence-corrected chi connectivity index (χ4v) is 10.5. The third-order valence-electron chi connectivity index (χ3n) is 11.9. The molecule has 0 unspecified atom stereocenters. The average Bonchev–Trinajstić information content (AvgIpc) is 3.70. The maximum Gasteiger partial charge on any atom is 0.416 e. The monoisotopic (exact) mass is 763 g/mol. The fraction of sp³-hybridized carbons (Fsp3) is 0.538. The number of aryl methyl sites for hydroxylation is 1. The topological polar surface area (TPSA) is 86.9 Å². The van der Waals surface area contributed by atoms with Crippen molar-refractivity contribution in [2.45, 2.75) is 90.0 Å². The quantitative estimate of drug-likeness (QED) is 0.201. The number of nitrogens with two attached hydrogens (primary N) is 1. The second-order valence-electron chi connectivity index (χ2n) is 15.5. The van der Waals surface area contributed by atoms with E-state index in [2.05, 4.69) is 37.5 Å². The highest BCUT2D eigenvalue weighted by Gasteiger charge is 2.48. The molecule has 10 rings (SSSR count). The number of hydrogen-bond acceptors (Lipinski definition) is 7. The van der Waals surface area contributed by atoms with Crippen LogP contribution < -0.4 is 5.73 Å². The normalized spacial score (nSPS) is 27.2. The second kappa shape index (κ2) is 15.1. The van der Waals surface area contributed by atoms with Crippen molar-refractivity contribution in [1.82, 2.24) is 9.80 Å². The number of ketones is 1. The summed E-state index contributed by atoms with van der Waals surface area (Å²) in [6, 6.07) is 13.4. The molecule has 12 heteroatoms. The zero-order valence-corrected chi connectivity index (χ0v) is 32.3. The Kier molecular flexibility index (Phi) is 11.7. The van der Waals surface area contributed by atoms with E-state index < -0.39 is 17.7 Å². The number of piperidine rings is 6. The zero-order valence-electron chi connectivity index (χ0n) is 29.9. The van der Waals surface area contributed by atoms with Crippen LogP contribution >= 0.6 is 35.1 Å². The molecule has 4 aromatic rings. The van der Waals surface area contributed by atoms with Gasteiger partial charge in [-0.25, -0.2) is 4.79 Å². The molecule has 0 aliphatic carbocycles. The largest absolute Gasteiger partial charge is 0.477 e. The van der Waals surface area contributed by atoms with Crippen molar-refractivity contribution >= 4 is 67.0 Å². The minimum atomic E-state index is -4.36. The molecule has 6 aliphatic heterocycles. The summed E-state index contributed by atoms with van der Waals surface area (Å²) >= 11 is 2.62. The number of benzene rings is 2. The number of thiophene rings is 2. The van der Waals surface area contributed by atoms with Crippen molar-refractivity contribution in [1.29, 1.82) is 0 Å². The highest BCUT2D eigenvalue weighted by Crippen LogP contribution is 2.46. The van der Waals surface area contributed by atoms with Gasteiger partial charge in [0.05, 0.1) is 10.4 Å². The molecule has 6 nitrogen and oxygen atoms in total. The molecule has 6 fully saturated rings. The number of carboxylic acid groups (broad SMARTS) is 1. The molecule has 6 aliphatic rings. The van der Waals surface area contributed by atoms with Gasteiger partial charge in [-0.3, -0.25) is 14.6 Å². The highest BCUT2D eigenvalue weighted by molar-refractivity contribution is 7.21. The summed E-state index contributed by atoms with van der Waals surface area (Å²) in [6.07, 6.45) is 1.05. The van der Waals surface area contributed by atoms with Crippen molar-refractivity contribution in [3.8, 4) is 0 Å². The number of rotatable bonds is 4. The summed E-state index contributed by atoms with van der Waals surface area (Å²) in [5.41, 5.74) is 6.92. The first kappa shape index (κ1) is 39.7. The number of aromatic carboxylic acids is 1. The van der Waals surface area contributed by atoms with E-state index >= 15 is 0 Å². The molecular weight excluding hydrogens is 715 g/mol. The zero-order chi connectivity index (χ0) is 36.2. The molecule has 0 radical (unpaired) electrons. The predicted molar refractivity (Wildman–Crippen MR) is 205 cm³/mol. The molecule has 3 N–H and O–H groups in total. The Morgan fingerprint density at radius 2 is 1.31 bits per heavy atom. The van der Waals surface area contributed by atoms with Gasteiger partial charge in [-0.1, -0.05) is 17.7 Å². The molecule has 51 heavy (non-hydrogen) atoms. The molecule has 278 valence electrons. The Morgan fingerprint density at radius 1 is 0.804 bits per heavy atom. The van der Waals surface area contributed by atoms with Gasteiger partial charge in [0.15, 0.2) is 5.78 Å². The van der Waals surface area contributed by atoms with Gasteiger partial charge >= 0.3 is 12.1 Å². The van der Waals surface area contributed by atoms with Crippen molar-refractivity contribution < 1.29 is 27.9 Å². The number of Topliss-reactive ketones (excluding diaryl/α,β-unsaturated/α-hetero) is 1. The number of alkyl halides is 3. The van der Waals surface area contributed by atoms with Gasteiger partial charge < -0.3 is 10.8 Å². The number of hydrogen-bond donors (Lipinski definition) is 2. The Morgan fingerprint density at radius 3 is 1.82 bits per heavy atom. The molecule has 2 aromatic heterocycles. The fourth-order valence-electron chi connectivity index (χ4n) is 8.65. The number of halogens is 4. The molecule has 2 atom stereocenters. The lowest BCUT2D eigenvalue weighted by molar-refractivity contribution is -0.137. The van der Waals surface area contributed by atoms with E-state index in [-0.39, 0.29) is 29.3 Å². The molecule has 0 saturated carbocycles. The molecule has 8 heterocycles. The molecule has 0 spiro atoms. The highest BCUT2D eigenvalue weighted by atomic mass is 35.5. The lowest BCUT2D eigenvalue weighted by Gasteiger charge is -2.56. The molecule has 2 aromatic carbocycles. The Balaban J connectivity index is 0.000000168. The van der Waals surface area contributed by atoms with Crippen LogP contribution in [0.1, 0.15) is 90.3 Å². The first-order valence-corrected chi connectivity index (χ1v) is 19.2. The Hall–Kier alpha value is -2.54. The number of carboxylic acids is 1. The maximum atomic E-state index is 12.9. The van der Waals surface area contributed by atoms with Crippen LogP contribution in [0.25, 0.3) is 20.2 Å². The van der Waals surface area contributed by atoms with Gasteiger partial charge in [-0.2, -0.15) is 13.2 Å². The van der Waals surface area contributed by atoms with Gasteiger partial charge in [0, 0.05) is 32.9 Å². The van der Waals surface area contributed by atoms with Gasteiger partial charge in [0.25, 0.3) is 0 Å². The summed E-state index contributed by atoms with van der Waals surface area (Å²) in [4.78, 5) is 29.6. The summed E-state index contributed by atoms with van der Waals surface area (Å²) in [6.45, 7) is 15.7. The van der Waals surface area contributed by atoms with E-state index in [0.29, 0.717) is 39.4 Å². The van der Waals surface area contributed by atoms with E-state index in [1.807, 2.05) is 25.1 Å². The average molecular weight is 764 g/mol. The second-order valence-corrected chi connectivity index (χ2v) is 17.7. The maximum absolute atomic E-state index is 12.9. The van der Waals surface area contributed by atoms with Crippen molar-refractivity contribution in [2.75, 3.05) is 26.2 Å². The molecular formula is C39H49ClF3N3O3S2. The molecule has 0 amide bonds. The standard InChI is InChI=1S/C20H22F3NOS.C10H8O2S.C9H18N2.ClH/c1-19(2)15(12-5-7-24(19)8-6-12)11-16(25)18-10-13-9-14(20(21,22)23)3-4-17(13)26-18;1-6-2-3-8-7(4-6)5-9(13-8)10(11)12;1-9(2)8(10)7-3-5-11(9)6-4-7;/h3-4,9-10,12,15H,5-8,11H2,1-2H3;2-5H,1H3,(H,11,12);7-8H,3-6,10H2,1-2H3;1H/t15-;;8-;/m0.0./s1. The number of fused-ring (bicyclic) bond motifs is 8. The van der Waals surface area contributed by atoms with E-state index in [0.717, 1.165) is 64.3 Å². The lowest BCUT2D eigenvalue weighted by atomic mass is 9.65. The Bertz CT molecular complexity index is 1870. The molecule has 4 bridgehead atoms. The van der Waals surface area contributed by atoms with Gasteiger partial charge in [0.1, 0.15) is 4.88 Å². The SMILES string of the molecule is CC1(C)[C@@H](CC(=O)c2cc3cc(C(F)(F)F)ccc3s2)C2CCN1CC2.CC1(C)[C@@H](N)C2CCN1CC2.Cc1ccc2sc(C(=O)O)cc2c1.Cl. The third-order valence-corrected chi connectivity index (χ3v) is 14.2. The van der Waals surface area contributed by atoms with Crippen LogP contribution in [0.4, 0.5) is 13.2 Å². The van der Waals surface area contributed by atoms with Crippen LogP contribution in [0, 0.1) is 24.7 Å². The van der Waals surface area contributed by atoms with E-state index in [9.17, 15) is 22.8 Å². The van der Waals surface area contributed by atoms with Crippen molar-refractivity contribution in [2.24, 2.45) is 23.5 Å². The van der Waals surface area contributed by atoms with Crippen LogP contribution in [-0.4, -0.2) is 70.0 Å². The van der Waals surface area contributed by atoms with Crippen molar-refractivity contribution in [3.05, 3.63) is 69.4 Å². The number of nitrogens with zero attached hydrogens (tertiary/aromatic N) is 2. The summed E-state index contributed by atoms with van der Waals surface area (Å²) in [5.74, 6) is 0.902. The third kappa shape index (κ3) is 8.19. The van der Waals surface area contributed by atoms with Crippen LogP contribution in [0.5, 0.6) is 0 Å². The smallest absolute Gasteiger partial charge is 0.416 e. The number of carbonyl (C=O) groups excluding carboxylic acids is 1. The summed E-state index contributed by atoms with van der Waals surface area (Å²) in [7, 11) is 0. The van der Waals surface area contributed by atoms with Crippen LogP contribution in [0.15, 0.2) is 48.5 Å². The van der Waals surface area contributed by atoms with Crippen molar-refractivity contribution in [3.63, 3.8) is 0 Å². The van der Waals surface area contributed by atoms with E-state index in [1.54, 1.807) is 12.1 Å². The van der Waals surface area contributed by atoms with Crippen LogP contribution in [-0.2, 0) is 6.18 Å².